The predicted octanol–water partition coefficient (Wildman–Crippen LogP) is 4.76. The number of carbonyl (C=O) groups is 1. The molecule has 1 aromatic carbocycles. The number of aromatic nitrogens is 1. The molecule has 0 aliphatic heterocycles. The van der Waals surface area contributed by atoms with E-state index in [4.69, 9.17) is 23.2 Å². The molecule has 0 radical (unpaired) electrons. The van der Waals surface area contributed by atoms with Gasteiger partial charge in [0.1, 0.15) is 5.15 Å². The molecule has 0 spiro atoms. The number of amides is 1. The molecule has 0 bridgehead atoms. The van der Waals surface area contributed by atoms with E-state index in [-0.39, 0.29) is 16.1 Å². The first kappa shape index (κ1) is 14.8. The number of nitrogens with one attached hydrogen (secondary N) is 1. The van der Waals surface area contributed by atoms with Crippen LogP contribution in [-0.4, -0.2) is 10.9 Å². The van der Waals surface area contributed by atoms with Gasteiger partial charge in [0.05, 0.1) is 10.6 Å². The zero-order valence-corrected chi connectivity index (χ0v) is 12.7. The molecule has 0 saturated heterocycles. The number of benzene rings is 1. The summed E-state index contributed by atoms with van der Waals surface area (Å²) in [6.45, 7) is 4.23. The Bertz CT molecular complexity index is 624. The maximum Gasteiger partial charge on any atom is 0.257 e. The molecule has 1 aromatic heterocycles. The van der Waals surface area contributed by atoms with Crippen molar-refractivity contribution in [1.29, 1.82) is 0 Å². The third kappa shape index (κ3) is 3.50. The van der Waals surface area contributed by atoms with Crippen molar-refractivity contribution in [2.75, 3.05) is 5.32 Å². The van der Waals surface area contributed by atoms with Gasteiger partial charge in [0.2, 0.25) is 0 Å². The lowest BCUT2D eigenvalue weighted by Crippen LogP contribution is -2.12. The Labute approximate surface area is 127 Å². The largest absolute Gasteiger partial charge is 0.322 e. The van der Waals surface area contributed by atoms with Gasteiger partial charge in [0, 0.05) is 11.9 Å². The van der Waals surface area contributed by atoms with Gasteiger partial charge < -0.3 is 5.32 Å². The van der Waals surface area contributed by atoms with Crippen LogP contribution in [0.5, 0.6) is 0 Å². The fourth-order valence-electron chi connectivity index (χ4n) is 1.74. The molecule has 0 fully saturated rings. The van der Waals surface area contributed by atoms with Crippen molar-refractivity contribution >= 4 is 34.8 Å². The summed E-state index contributed by atoms with van der Waals surface area (Å²) in [5, 5.41) is 3.28. The molecule has 104 valence electrons. The highest BCUT2D eigenvalue weighted by molar-refractivity contribution is 6.35. The molecule has 2 rings (SSSR count). The molecule has 1 N–H and O–H groups in total. The summed E-state index contributed by atoms with van der Waals surface area (Å²) in [7, 11) is 0. The highest BCUT2D eigenvalue weighted by atomic mass is 35.5. The van der Waals surface area contributed by atoms with Crippen LogP contribution >= 0.6 is 23.2 Å². The van der Waals surface area contributed by atoms with E-state index in [1.165, 1.54) is 17.8 Å². The number of anilines is 1. The third-order valence-corrected chi connectivity index (χ3v) is 3.41. The lowest BCUT2D eigenvalue weighted by Gasteiger charge is -2.09. The second-order valence-corrected chi connectivity index (χ2v) is 5.51. The zero-order valence-electron chi connectivity index (χ0n) is 11.2. The van der Waals surface area contributed by atoms with Gasteiger partial charge in [-0.1, -0.05) is 49.2 Å². The van der Waals surface area contributed by atoms with Crippen LogP contribution < -0.4 is 5.32 Å². The van der Waals surface area contributed by atoms with Crippen molar-refractivity contribution in [1.82, 2.24) is 4.98 Å². The van der Waals surface area contributed by atoms with Crippen LogP contribution in [0.4, 0.5) is 5.69 Å². The molecule has 2 aromatic rings. The van der Waals surface area contributed by atoms with Crippen molar-refractivity contribution < 1.29 is 4.79 Å². The molecule has 0 aliphatic carbocycles. The van der Waals surface area contributed by atoms with E-state index in [0.29, 0.717) is 17.2 Å². The Morgan fingerprint density at radius 2 is 1.85 bits per heavy atom. The van der Waals surface area contributed by atoms with Gasteiger partial charge in [0.15, 0.2) is 0 Å². The molecule has 0 aliphatic rings. The normalized spacial score (nSPS) is 10.7. The Kier molecular flexibility index (Phi) is 4.63. The SMILES string of the molecule is CC(C)c1ccc(NC(=O)c2cc(Cl)ncc2Cl)cc1. The van der Waals surface area contributed by atoms with Crippen LogP contribution in [0.3, 0.4) is 0 Å². The monoisotopic (exact) mass is 308 g/mol. The van der Waals surface area contributed by atoms with Gasteiger partial charge in [-0.3, -0.25) is 4.79 Å². The van der Waals surface area contributed by atoms with Gasteiger partial charge in [-0.05, 0) is 29.7 Å². The molecule has 0 atom stereocenters. The van der Waals surface area contributed by atoms with Crippen molar-refractivity contribution in [2.24, 2.45) is 0 Å². The first-order valence-electron chi connectivity index (χ1n) is 6.19. The average Bonchev–Trinajstić information content (AvgIpc) is 2.42. The molecule has 20 heavy (non-hydrogen) atoms. The minimum absolute atomic E-state index is 0.231. The Morgan fingerprint density at radius 3 is 2.45 bits per heavy atom. The third-order valence-electron chi connectivity index (χ3n) is 2.90. The minimum Gasteiger partial charge on any atom is -0.322 e. The first-order chi connectivity index (χ1) is 9.47. The molecule has 1 heterocycles. The topological polar surface area (TPSA) is 42.0 Å². The molecular weight excluding hydrogens is 295 g/mol. The zero-order chi connectivity index (χ0) is 14.7. The fourth-order valence-corrected chi connectivity index (χ4v) is 2.08. The lowest BCUT2D eigenvalue weighted by molar-refractivity contribution is 0.102. The summed E-state index contributed by atoms with van der Waals surface area (Å²) >= 11 is 11.7. The number of nitrogens with zero attached hydrogens (tertiary/aromatic N) is 1. The van der Waals surface area contributed by atoms with Gasteiger partial charge in [-0.25, -0.2) is 4.98 Å². The van der Waals surface area contributed by atoms with Crippen molar-refractivity contribution in [3.63, 3.8) is 0 Å². The summed E-state index contributed by atoms with van der Waals surface area (Å²) in [5.74, 6) is 0.143. The minimum atomic E-state index is -0.309. The van der Waals surface area contributed by atoms with E-state index in [2.05, 4.69) is 24.1 Å². The number of hydrogen-bond acceptors (Lipinski definition) is 2. The van der Waals surface area contributed by atoms with Crippen LogP contribution in [0, 0.1) is 0 Å². The second-order valence-electron chi connectivity index (χ2n) is 4.72. The number of pyridine rings is 1. The summed E-state index contributed by atoms with van der Waals surface area (Å²) < 4.78 is 0. The van der Waals surface area contributed by atoms with Crippen molar-refractivity contribution in [3.05, 3.63) is 57.8 Å². The quantitative estimate of drug-likeness (QED) is 0.830. The van der Waals surface area contributed by atoms with E-state index in [1.54, 1.807) is 0 Å². The standard InChI is InChI=1S/C15H14Cl2N2O/c1-9(2)10-3-5-11(6-4-10)19-15(20)12-7-14(17)18-8-13(12)16/h3-9H,1-2H3,(H,19,20). The number of carbonyl (C=O) groups excluding carboxylic acids is 1. The summed E-state index contributed by atoms with van der Waals surface area (Å²) in [6.07, 6.45) is 1.36. The molecular formula is C15H14Cl2N2O. The molecule has 1 amide bonds. The Morgan fingerprint density at radius 1 is 1.20 bits per heavy atom. The molecule has 5 heteroatoms. The summed E-state index contributed by atoms with van der Waals surface area (Å²) in [6, 6.07) is 9.15. The van der Waals surface area contributed by atoms with Gasteiger partial charge >= 0.3 is 0 Å². The highest BCUT2D eigenvalue weighted by Crippen LogP contribution is 2.21. The maximum atomic E-state index is 12.1. The van der Waals surface area contributed by atoms with Crippen LogP contribution in [0.1, 0.15) is 35.7 Å². The highest BCUT2D eigenvalue weighted by Gasteiger charge is 2.12. The summed E-state index contributed by atoms with van der Waals surface area (Å²) in [4.78, 5) is 15.9. The Balaban J connectivity index is 2.17. The van der Waals surface area contributed by atoms with Crippen molar-refractivity contribution in [3.8, 4) is 0 Å². The van der Waals surface area contributed by atoms with Crippen LogP contribution in [0.2, 0.25) is 10.2 Å². The van der Waals surface area contributed by atoms with E-state index in [1.807, 2.05) is 24.3 Å². The van der Waals surface area contributed by atoms with E-state index >= 15 is 0 Å². The summed E-state index contributed by atoms with van der Waals surface area (Å²) in [5.41, 5.74) is 2.23. The van der Waals surface area contributed by atoms with E-state index in [9.17, 15) is 4.79 Å². The molecule has 3 nitrogen and oxygen atoms in total. The molecule has 0 unspecified atom stereocenters. The maximum absolute atomic E-state index is 12.1. The predicted molar refractivity (Wildman–Crippen MR) is 82.7 cm³/mol. The lowest BCUT2D eigenvalue weighted by atomic mass is 10.0. The van der Waals surface area contributed by atoms with Gasteiger partial charge in [-0.2, -0.15) is 0 Å². The second kappa shape index (κ2) is 6.25. The van der Waals surface area contributed by atoms with E-state index < -0.39 is 0 Å². The van der Waals surface area contributed by atoms with Crippen molar-refractivity contribution in [2.45, 2.75) is 19.8 Å². The average molecular weight is 309 g/mol. The smallest absolute Gasteiger partial charge is 0.257 e. The van der Waals surface area contributed by atoms with Gasteiger partial charge in [0.25, 0.3) is 5.91 Å². The number of hydrogen-bond donors (Lipinski definition) is 1. The number of rotatable bonds is 3. The van der Waals surface area contributed by atoms with Crippen LogP contribution in [0.15, 0.2) is 36.5 Å². The fraction of sp³-hybridized carbons (Fsp3) is 0.200. The first-order valence-corrected chi connectivity index (χ1v) is 6.95. The number of halogens is 2. The van der Waals surface area contributed by atoms with Gasteiger partial charge in [-0.15, -0.1) is 0 Å². The Hall–Kier alpha value is -1.58. The van der Waals surface area contributed by atoms with E-state index in [0.717, 1.165) is 0 Å². The molecule has 0 saturated carbocycles. The van der Waals surface area contributed by atoms with Crippen LogP contribution in [0.25, 0.3) is 0 Å². The van der Waals surface area contributed by atoms with Crippen LogP contribution in [-0.2, 0) is 0 Å².